The predicted molar refractivity (Wildman–Crippen MR) is 177 cm³/mol. The third-order valence-electron chi connectivity index (χ3n) is 6.58. The molecule has 2 N–H and O–H groups in total. The molecule has 0 radical (unpaired) electrons. The highest BCUT2D eigenvalue weighted by molar-refractivity contribution is 5.78. The van der Waals surface area contributed by atoms with E-state index in [0.29, 0.717) is 19.0 Å². The first-order valence-electron chi connectivity index (χ1n) is 14.8. The highest BCUT2D eigenvalue weighted by atomic mass is 19.4. The number of benzene rings is 3. The summed E-state index contributed by atoms with van der Waals surface area (Å²) < 4.78 is 85.9. The lowest BCUT2D eigenvalue weighted by molar-refractivity contribution is -0.143. The van der Waals surface area contributed by atoms with Gasteiger partial charge >= 0.3 is 12.4 Å². The van der Waals surface area contributed by atoms with Crippen LogP contribution in [0.5, 0.6) is 11.5 Å². The number of halogens is 6. The van der Waals surface area contributed by atoms with Crippen LogP contribution in [0, 0.1) is 0 Å². The van der Waals surface area contributed by atoms with Crippen LogP contribution in [0.1, 0.15) is 61.9 Å². The lowest BCUT2D eigenvalue weighted by Crippen LogP contribution is -2.24. The average Bonchev–Trinajstić information content (AvgIpc) is 3.04. The third kappa shape index (κ3) is 14.0. The van der Waals surface area contributed by atoms with E-state index in [1.807, 2.05) is 63.2 Å². The SMILES string of the molecule is C=CC(C)(C)Oc1ccc(CCN=CN/C(=C\C)c2ccccc2OC)cc1.CCCc1ccc(C(F)(F)F)cc1C(F)(F)F.CO. The largest absolute Gasteiger partial charge is 0.496 e. The van der Waals surface area contributed by atoms with E-state index in [0.717, 1.165) is 42.4 Å². The highest BCUT2D eigenvalue weighted by Gasteiger charge is 2.37. The zero-order chi connectivity index (χ0) is 35.7. The second-order valence-electron chi connectivity index (χ2n) is 10.5. The molecule has 47 heavy (non-hydrogen) atoms. The number of rotatable bonds is 12. The number of hydrogen-bond donors (Lipinski definition) is 2. The molecule has 0 heterocycles. The number of aliphatic imine (C=N–C) groups is 1. The van der Waals surface area contributed by atoms with Gasteiger partial charge in [0.2, 0.25) is 0 Å². The molecule has 0 saturated carbocycles. The van der Waals surface area contributed by atoms with E-state index >= 15 is 0 Å². The molecule has 0 fully saturated rings. The molecule has 0 aliphatic carbocycles. The fourth-order valence-electron chi connectivity index (χ4n) is 4.13. The van der Waals surface area contributed by atoms with Crippen molar-refractivity contribution >= 4 is 12.0 Å². The number of aliphatic hydroxyl groups is 1. The first-order chi connectivity index (χ1) is 22.1. The molecule has 0 unspecified atom stereocenters. The van der Waals surface area contributed by atoms with Crippen LogP contribution in [-0.4, -0.2) is 37.8 Å². The molecule has 3 aromatic carbocycles. The summed E-state index contributed by atoms with van der Waals surface area (Å²) in [7, 11) is 2.68. The fourth-order valence-corrected chi connectivity index (χ4v) is 4.13. The number of ether oxygens (including phenoxy) is 2. The molecule has 11 heteroatoms. The maximum Gasteiger partial charge on any atom is 0.416 e. The molecule has 5 nitrogen and oxygen atoms in total. The summed E-state index contributed by atoms with van der Waals surface area (Å²) in [6.07, 6.45) is -2.56. The van der Waals surface area contributed by atoms with Crippen LogP contribution in [0.15, 0.2) is 90.5 Å². The number of alkyl halides is 6. The van der Waals surface area contributed by atoms with Gasteiger partial charge in [-0.25, -0.2) is 0 Å². The Labute approximate surface area is 273 Å². The summed E-state index contributed by atoms with van der Waals surface area (Å²) in [5, 5.41) is 10.2. The monoisotopic (exact) mass is 666 g/mol. The Kier molecular flexibility index (Phi) is 16.8. The number of methoxy groups -OCH3 is 1. The van der Waals surface area contributed by atoms with Crippen molar-refractivity contribution in [2.75, 3.05) is 20.8 Å². The van der Waals surface area contributed by atoms with E-state index in [1.54, 1.807) is 26.4 Å². The molecule has 0 amide bonds. The summed E-state index contributed by atoms with van der Waals surface area (Å²) in [5.41, 5.74) is 0.247. The Bertz CT molecular complexity index is 1430. The van der Waals surface area contributed by atoms with Crippen molar-refractivity contribution in [3.63, 3.8) is 0 Å². The Morgan fingerprint density at radius 1 is 0.915 bits per heavy atom. The summed E-state index contributed by atoms with van der Waals surface area (Å²) in [5.74, 6) is 1.67. The van der Waals surface area contributed by atoms with E-state index in [1.165, 1.54) is 5.56 Å². The molecule has 0 aliphatic heterocycles. The number of aryl methyl sites for hydroxylation is 1. The fraction of sp³-hybridized carbons (Fsp3) is 0.361. The van der Waals surface area contributed by atoms with Crippen molar-refractivity contribution < 1.29 is 40.9 Å². The maximum absolute atomic E-state index is 12.6. The van der Waals surface area contributed by atoms with Crippen molar-refractivity contribution in [3.05, 3.63) is 113 Å². The minimum absolute atomic E-state index is 0.104. The molecule has 0 aromatic heterocycles. The van der Waals surface area contributed by atoms with Crippen molar-refractivity contribution in [2.24, 2.45) is 4.99 Å². The molecule has 3 rings (SSSR count). The van der Waals surface area contributed by atoms with Crippen LogP contribution in [-0.2, 0) is 25.2 Å². The van der Waals surface area contributed by atoms with Gasteiger partial charge in [0.1, 0.15) is 17.1 Å². The molecule has 3 aromatic rings. The van der Waals surface area contributed by atoms with E-state index in [4.69, 9.17) is 14.6 Å². The summed E-state index contributed by atoms with van der Waals surface area (Å²) in [6, 6.07) is 17.8. The van der Waals surface area contributed by atoms with Crippen LogP contribution < -0.4 is 14.8 Å². The van der Waals surface area contributed by atoms with E-state index in [9.17, 15) is 26.3 Å². The summed E-state index contributed by atoms with van der Waals surface area (Å²) >= 11 is 0. The van der Waals surface area contributed by atoms with Crippen LogP contribution in [0.3, 0.4) is 0 Å². The smallest absolute Gasteiger partial charge is 0.416 e. The van der Waals surface area contributed by atoms with Crippen LogP contribution in [0.4, 0.5) is 26.3 Å². The third-order valence-corrected chi connectivity index (χ3v) is 6.58. The molecule has 0 spiro atoms. The van der Waals surface area contributed by atoms with Gasteiger partial charge < -0.3 is 19.9 Å². The van der Waals surface area contributed by atoms with Gasteiger partial charge in [0.05, 0.1) is 24.6 Å². The lowest BCUT2D eigenvalue weighted by atomic mass is 10.00. The number of nitrogens with zero attached hydrogens (tertiary/aromatic N) is 1. The van der Waals surface area contributed by atoms with Gasteiger partial charge in [-0.3, -0.25) is 4.99 Å². The topological polar surface area (TPSA) is 63.1 Å². The van der Waals surface area contributed by atoms with E-state index < -0.39 is 23.5 Å². The van der Waals surface area contributed by atoms with Gasteiger partial charge in [-0.15, -0.1) is 0 Å². The molecular weight excluding hydrogens is 622 g/mol. The average molecular weight is 667 g/mol. The van der Waals surface area contributed by atoms with E-state index in [-0.39, 0.29) is 23.7 Å². The van der Waals surface area contributed by atoms with Gasteiger partial charge in [-0.2, -0.15) is 26.3 Å². The van der Waals surface area contributed by atoms with Gasteiger partial charge in [0.15, 0.2) is 0 Å². The molecule has 0 atom stereocenters. The molecule has 0 saturated heterocycles. The Balaban J connectivity index is 0.000000497. The molecule has 0 aliphatic rings. The molecule has 0 bridgehead atoms. The number of aliphatic hydroxyl groups excluding tert-OH is 1. The van der Waals surface area contributed by atoms with Crippen LogP contribution in [0.25, 0.3) is 5.70 Å². The maximum atomic E-state index is 12.6. The summed E-state index contributed by atoms with van der Waals surface area (Å²) in [4.78, 5) is 4.47. The first kappa shape index (κ1) is 40.8. The zero-order valence-corrected chi connectivity index (χ0v) is 27.6. The number of para-hydroxylation sites is 1. The Morgan fingerprint density at radius 3 is 2.09 bits per heavy atom. The Hall–Kier alpha value is -4.25. The van der Waals surface area contributed by atoms with Crippen molar-refractivity contribution in [3.8, 4) is 11.5 Å². The first-order valence-corrected chi connectivity index (χ1v) is 14.8. The molecular formula is C36H44F6N2O3. The van der Waals surface area contributed by atoms with Crippen LogP contribution in [0.2, 0.25) is 0 Å². The second-order valence-corrected chi connectivity index (χ2v) is 10.5. The Morgan fingerprint density at radius 2 is 1.55 bits per heavy atom. The summed E-state index contributed by atoms with van der Waals surface area (Å²) in [6.45, 7) is 12.1. The van der Waals surface area contributed by atoms with Crippen LogP contribution >= 0.6 is 0 Å². The van der Waals surface area contributed by atoms with Gasteiger partial charge in [0, 0.05) is 24.9 Å². The van der Waals surface area contributed by atoms with Gasteiger partial charge in [0.25, 0.3) is 0 Å². The van der Waals surface area contributed by atoms with Gasteiger partial charge in [-0.05, 0) is 87.2 Å². The normalized spacial score (nSPS) is 12.0. The molecule has 258 valence electrons. The van der Waals surface area contributed by atoms with Crippen molar-refractivity contribution in [1.82, 2.24) is 5.32 Å². The second kappa shape index (κ2) is 19.4. The predicted octanol–water partition coefficient (Wildman–Crippen LogP) is 9.55. The van der Waals surface area contributed by atoms with Gasteiger partial charge in [-0.1, -0.05) is 56.3 Å². The number of nitrogens with one attached hydrogen (secondary N) is 1. The van der Waals surface area contributed by atoms with Crippen molar-refractivity contribution in [2.45, 2.75) is 64.9 Å². The zero-order valence-electron chi connectivity index (χ0n) is 27.6. The van der Waals surface area contributed by atoms with E-state index in [2.05, 4.69) is 29.0 Å². The van der Waals surface area contributed by atoms with Crippen molar-refractivity contribution in [1.29, 1.82) is 0 Å². The minimum Gasteiger partial charge on any atom is -0.496 e. The highest BCUT2D eigenvalue weighted by Crippen LogP contribution is 2.37. The number of allylic oxidation sites excluding steroid dienone is 1. The lowest BCUT2D eigenvalue weighted by Gasteiger charge is -2.22. The standard InChI is InChI=1S/C24H30N2O2.C11H10F6.CH4O/c1-6-22(21-10-8-9-11-23(21)27-5)26-18-25-17-16-19-12-14-20(15-13-19)28-24(3,4)7-2;1-2-3-7-4-5-8(10(12,13)14)6-9(7)11(15,16)17;1-2/h6-15,18H,2,16-17H2,1,3-5H3,(H,25,26);4-6H,2-3H2,1H3;2H,1H3/b22-6-;;. The number of hydrogen-bond acceptors (Lipinski definition) is 4. The minimum atomic E-state index is -4.76. The quantitative estimate of drug-likeness (QED) is 0.0875.